The van der Waals surface area contributed by atoms with Gasteiger partial charge in [0.15, 0.2) is 6.61 Å². The first-order valence-electron chi connectivity index (χ1n) is 6.96. The number of benzene rings is 1. The van der Waals surface area contributed by atoms with E-state index in [1.165, 1.54) is 23.3 Å². The van der Waals surface area contributed by atoms with Gasteiger partial charge < -0.3 is 15.0 Å². The first-order chi connectivity index (χ1) is 11.5. The lowest BCUT2D eigenvalue weighted by Gasteiger charge is -2.17. The van der Waals surface area contributed by atoms with E-state index >= 15 is 0 Å². The molecule has 8 heteroatoms. The van der Waals surface area contributed by atoms with Crippen molar-refractivity contribution in [3.8, 4) is 0 Å². The van der Waals surface area contributed by atoms with Crippen molar-refractivity contribution in [2.75, 3.05) is 25.5 Å². The number of carbonyl (C=O) groups is 3. The van der Waals surface area contributed by atoms with Crippen LogP contribution in [-0.4, -0.2) is 42.9 Å². The Labute approximate surface area is 151 Å². The molecule has 1 aromatic carbocycles. The van der Waals surface area contributed by atoms with Gasteiger partial charge >= 0.3 is 5.97 Å². The zero-order valence-electron chi connectivity index (χ0n) is 12.8. The molecular formula is C16H15BrN2O4S. The third-order valence-electron chi connectivity index (χ3n) is 3.00. The van der Waals surface area contributed by atoms with E-state index < -0.39 is 18.5 Å². The first-order valence-corrected chi connectivity index (χ1v) is 8.63. The molecule has 126 valence electrons. The molecule has 0 bridgehead atoms. The Balaban J connectivity index is 1.79. The molecule has 2 amide bonds. The van der Waals surface area contributed by atoms with E-state index in [2.05, 4.69) is 21.2 Å². The van der Waals surface area contributed by atoms with Gasteiger partial charge in [-0.2, -0.15) is 0 Å². The molecule has 6 nitrogen and oxygen atoms in total. The lowest BCUT2D eigenvalue weighted by Crippen LogP contribution is -2.37. The summed E-state index contributed by atoms with van der Waals surface area (Å²) < 4.78 is 5.68. The Morgan fingerprint density at radius 3 is 2.62 bits per heavy atom. The van der Waals surface area contributed by atoms with Gasteiger partial charge in [-0.05, 0) is 39.5 Å². The molecule has 1 heterocycles. The average molecular weight is 411 g/mol. The monoisotopic (exact) mass is 410 g/mol. The number of hydrogen-bond donors (Lipinski definition) is 1. The third kappa shape index (κ3) is 5.17. The summed E-state index contributed by atoms with van der Waals surface area (Å²) in [6.45, 7) is -0.549. The van der Waals surface area contributed by atoms with Gasteiger partial charge in [-0.15, -0.1) is 11.3 Å². The Hall–Kier alpha value is -2.19. The zero-order chi connectivity index (χ0) is 17.5. The molecule has 0 aliphatic rings. The SMILES string of the molecule is CN(CC(=O)Nc1ccccc1Br)C(=O)COC(=O)c1cccs1. The maximum absolute atomic E-state index is 12.0. The second-order valence-electron chi connectivity index (χ2n) is 4.83. The quantitative estimate of drug-likeness (QED) is 0.742. The molecular weight excluding hydrogens is 396 g/mol. The Morgan fingerprint density at radius 1 is 1.21 bits per heavy atom. The van der Waals surface area contributed by atoms with Crippen LogP contribution in [0.1, 0.15) is 9.67 Å². The van der Waals surface area contributed by atoms with Crippen molar-refractivity contribution >= 4 is 50.7 Å². The zero-order valence-corrected chi connectivity index (χ0v) is 15.2. The summed E-state index contributed by atoms with van der Waals surface area (Å²) in [7, 11) is 1.47. The molecule has 1 aromatic heterocycles. The van der Waals surface area contributed by atoms with Crippen molar-refractivity contribution in [1.82, 2.24) is 4.90 Å². The van der Waals surface area contributed by atoms with Crippen molar-refractivity contribution in [1.29, 1.82) is 0 Å². The van der Waals surface area contributed by atoms with Crippen LogP contribution < -0.4 is 5.32 Å². The molecule has 0 atom stereocenters. The van der Waals surface area contributed by atoms with Crippen LogP contribution >= 0.6 is 27.3 Å². The summed E-state index contributed by atoms with van der Waals surface area (Å²) >= 11 is 4.56. The molecule has 2 aromatic rings. The van der Waals surface area contributed by atoms with Crippen LogP contribution in [0.2, 0.25) is 0 Å². The highest BCUT2D eigenvalue weighted by atomic mass is 79.9. The van der Waals surface area contributed by atoms with Crippen LogP contribution in [0.5, 0.6) is 0 Å². The van der Waals surface area contributed by atoms with E-state index in [1.807, 2.05) is 6.07 Å². The van der Waals surface area contributed by atoms with Crippen LogP contribution in [0.25, 0.3) is 0 Å². The lowest BCUT2D eigenvalue weighted by atomic mass is 10.3. The number of esters is 1. The molecule has 0 fully saturated rings. The molecule has 2 rings (SSSR count). The third-order valence-corrected chi connectivity index (χ3v) is 4.54. The first kappa shape index (κ1) is 18.2. The van der Waals surface area contributed by atoms with E-state index in [0.29, 0.717) is 10.6 Å². The van der Waals surface area contributed by atoms with Gasteiger partial charge in [-0.3, -0.25) is 9.59 Å². The number of likely N-dealkylation sites (N-methyl/N-ethyl adjacent to an activating group) is 1. The van der Waals surface area contributed by atoms with Crippen LogP contribution in [0.4, 0.5) is 5.69 Å². The summed E-state index contributed by atoms with van der Waals surface area (Å²) in [4.78, 5) is 37.2. The van der Waals surface area contributed by atoms with Gasteiger partial charge in [0.2, 0.25) is 5.91 Å². The summed E-state index contributed by atoms with van der Waals surface area (Å²) in [6, 6.07) is 10.5. The maximum Gasteiger partial charge on any atom is 0.348 e. The molecule has 24 heavy (non-hydrogen) atoms. The van der Waals surface area contributed by atoms with E-state index in [-0.39, 0.29) is 12.5 Å². The molecule has 0 saturated carbocycles. The van der Waals surface area contributed by atoms with Gasteiger partial charge in [-0.1, -0.05) is 18.2 Å². The minimum Gasteiger partial charge on any atom is -0.451 e. The number of carbonyl (C=O) groups excluding carboxylic acids is 3. The van der Waals surface area contributed by atoms with Crippen LogP contribution in [-0.2, 0) is 14.3 Å². The smallest absolute Gasteiger partial charge is 0.348 e. The maximum atomic E-state index is 12.0. The van der Waals surface area contributed by atoms with Gasteiger partial charge in [0.05, 0.1) is 12.2 Å². The van der Waals surface area contributed by atoms with E-state index in [0.717, 1.165) is 4.47 Å². The van der Waals surface area contributed by atoms with Crippen LogP contribution in [0, 0.1) is 0 Å². The minimum absolute atomic E-state index is 0.142. The largest absolute Gasteiger partial charge is 0.451 e. The molecule has 1 N–H and O–H groups in total. The van der Waals surface area contributed by atoms with E-state index in [1.54, 1.807) is 35.7 Å². The number of rotatable bonds is 6. The summed E-state index contributed by atoms with van der Waals surface area (Å²) in [5, 5.41) is 4.44. The predicted molar refractivity (Wildman–Crippen MR) is 95.0 cm³/mol. The topological polar surface area (TPSA) is 75.7 Å². The second-order valence-corrected chi connectivity index (χ2v) is 6.63. The highest BCUT2D eigenvalue weighted by Gasteiger charge is 2.16. The lowest BCUT2D eigenvalue weighted by molar-refractivity contribution is -0.136. The van der Waals surface area contributed by atoms with Crippen molar-refractivity contribution < 1.29 is 19.1 Å². The Bertz CT molecular complexity index is 733. The molecule has 0 aliphatic carbocycles. The van der Waals surface area contributed by atoms with Crippen LogP contribution in [0.3, 0.4) is 0 Å². The van der Waals surface area contributed by atoms with Crippen molar-refractivity contribution in [2.45, 2.75) is 0 Å². The molecule has 0 saturated heterocycles. The Kier molecular flexibility index (Phi) is 6.51. The number of para-hydroxylation sites is 1. The number of anilines is 1. The van der Waals surface area contributed by atoms with Gasteiger partial charge in [0, 0.05) is 11.5 Å². The Morgan fingerprint density at radius 2 is 1.96 bits per heavy atom. The number of amides is 2. The fourth-order valence-corrected chi connectivity index (χ4v) is 2.76. The predicted octanol–water partition coefficient (Wildman–Crippen LogP) is 2.76. The van der Waals surface area contributed by atoms with Gasteiger partial charge in [-0.25, -0.2) is 4.79 Å². The molecule has 0 radical (unpaired) electrons. The van der Waals surface area contributed by atoms with Crippen molar-refractivity contribution in [2.24, 2.45) is 0 Å². The van der Waals surface area contributed by atoms with Crippen molar-refractivity contribution in [3.63, 3.8) is 0 Å². The summed E-state index contributed by atoms with van der Waals surface area (Å²) in [5.74, 6) is -1.35. The number of ether oxygens (including phenoxy) is 1. The highest BCUT2D eigenvalue weighted by Crippen LogP contribution is 2.20. The average Bonchev–Trinajstić information content (AvgIpc) is 3.09. The summed E-state index contributed by atoms with van der Waals surface area (Å²) in [6.07, 6.45) is 0. The number of hydrogen-bond acceptors (Lipinski definition) is 5. The highest BCUT2D eigenvalue weighted by molar-refractivity contribution is 9.10. The van der Waals surface area contributed by atoms with E-state index in [9.17, 15) is 14.4 Å². The summed E-state index contributed by atoms with van der Waals surface area (Å²) in [5.41, 5.74) is 0.618. The molecule has 0 aliphatic heterocycles. The number of nitrogens with zero attached hydrogens (tertiary/aromatic N) is 1. The molecule has 0 spiro atoms. The molecule has 0 unspecified atom stereocenters. The van der Waals surface area contributed by atoms with Gasteiger partial charge in [0.25, 0.3) is 5.91 Å². The van der Waals surface area contributed by atoms with Crippen LogP contribution in [0.15, 0.2) is 46.3 Å². The number of nitrogens with one attached hydrogen (secondary N) is 1. The second kappa shape index (κ2) is 8.60. The fourth-order valence-electron chi connectivity index (χ4n) is 1.76. The minimum atomic E-state index is -0.551. The van der Waals surface area contributed by atoms with Crippen molar-refractivity contribution in [3.05, 3.63) is 51.1 Å². The fraction of sp³-hybridized carbons (Fsp3) is 0.188. The van der Waals surface area contributed by atoms with E-state index in [4.69, 9.17) is 4.74 Å². The normalized spacial score (nSPS) is 10.1. The van der Waals surface area contributed by atoms with Gasteiger partial charge in [0.1, 0.15) is 4.88 Å². The number of halogens is 1. The standard InChI is InChI=1S/C16H15BrN2O4S/c1-19(9-14(20)18-12-6-3-2-5-11(12)17)15(21)10-23-16(22)13-7-4-8-24-13/h2-8H,9-10H2,1H3,(H,18,20). The number of thiophene rings is 1.